The molecule has 5 aliphatic rings. The van der Waals surface area contributed by atoms with Crippen molar-refractivity contribution in [1.29, 1.82) is 0 Å². The molecule has 4 heterocycles. The van der Waals surface area contributed by atoms with E-state index in [1.807, 2.05) is 0 Å². The molecule has 2 bridgehead atoms. The number of aromatic hydroxyl groups is 1. The van der Waals surface area contributed by atoms with E-state index >= 15 is 4.39 Å². The van der Waals surface area contributed by atoms with Gasteiger partial charge in [-0.15, -0.1) is 6.42 Å². The van der Waals surface area contributed by atoms with Gasteiger partial charge in [-0.2, -0.15) is 9.97 Å². The van der Waals surface area contributed by atoms with Crippen LogP contribution in [0.15, 0.2) is 24.3 Å². The maximum atomic E-state index is 17.1. The molecule has 3 saturated carbocycles. The smallest absolute Gasteiger partial charge is 0.319 e. The Morgan fingerprint density at radius 1 is 1.06 bits per heavy atom. The van der Waals surface area contributed by atoms with Gasteiger partial charge in [0.05, 0.1) is 19.3 Å². The van der Waals surface area contributed by atoms with Crippen molar-refractivity contribution in [2.45, 2.75) is 63.1 Å². The minimum atomic E-state index is -0.762. The quantitative estimate of drug-likeness (QED) is 0.220. The maximum absolute atomic E-state index is 17.1. The first-order valence-electron chi connectivity index (χ1n) is 17.4. The van der Waals surface area contributed by atoms with Crippen LogP contribution in [-0.2, 0) is 0 Å². The molecule has 4 atom stereocenters. The minimum absolute atomic E-state index is 0.0178. The van der Waals surface area contributed by atoms with Crippen molar-refractivity contribution in [3.8, 4) is 41.2 Å². The zero-order chi connectivity index (χ0) is 33.6. The summed E-state index contributed by atoms with van der Waals surface area (Å²) >= 11 is 0. The van der Waals surface area contributed by atoms with Crippen molar-refractivity contribution in [3.63, 3.8) is 0 Å². The summed E-state index contributed by atoms with van der Waals surface area (Å²) in [5, 5.41) is 15.4. The molecule has 2 aromatic carbocycles. The molecule has 0 amide bonds. The number of phenols is 1. The number of hydrogen-bond acceptors (Lipinski definition) is 9. The summed E-state index contributed by atoms with van der Waals surface area (Å²) in [6.45, 7) is 2.77. The van der Waals surface area contributed by atoms with Gasteiger partial charge in [0.25, 0.3) is 0 Å². The van der Waals surface area contributed by atoms with E-state index in [0.29, 0.717) is 54.4 Å². The Labute approximate surface area is 284 Å². The highest BCUT2D eigenvalue weighted by molar-refractivity contribution is 6.04. The Hall–Kier alpha value is -4.27. The molecule has 9 nitrogen and oxygen atoms in total. The van der Waals surface area contributed by atoms with Crippen LogP contribution < -0.4 is 19.7 Å². The molecule has 254 valence electrons. The third-order valence-corrected chi connectivity index (χ3v) is 11.8. The zero-order valence-corrected chi connectivity index (χ0v) is 27.8. The fourth-order valence-electron chi connectivity index (χ4n) is 8.89. The highest BCUT2D eigenvalue weighted by Crippen LogP contribution is 2.54. The summed E-state index contributed by atoms with van der Waals surface area (Å²) in [5.41, 5.74) is -0.0872. The van der Waals surface area contributed by atoms with Gasteiger partial charge in [0.1, 0.15) is 34.0 Å². The molecule has 11 heteroatoms. The number of benzene rings is 2. The number of terminal acetylenes is 1. The number of fused-ring (bicyclic) bond motifs is 5. The van der Waals surface area contributed by atoms with Crippen molar-refractivity contribution in [3.05, 3.63) is 41.5 Å². The predicted molar refractivity (Wildman–Crippen MR) is 183 cm³/mol. The van der Waals surface area contributed by atoms with Gasteiger partial charge < -0.3 is 29.7 Å². The number of nitrogens with zero attached hydrogens (tertiary/aromatic N) is 5. The molecule has 4 unspecified atom stereocenters. The molecule has 49 heavy (non-hydrogen) atoms. The van der Waals surface area contributed by atoms with Crippen LogP contribution in [0.4, 0.5) is 14.6 Å². The Kier molecular flexibility index (Phi) is 7.15. The molecule has 2 saturated heterocycles. The van der Waals surface area contributed by atoms with Crippen LogP contribution in [0, 0.1) is 41.2 Å². The van der Waals surface area contributed by atoms with Gasteiger partial charge >= 0.3 is 6.01 Å². The zero-order valence-electron chi connectivity index (χ0n) is 27.8. The molecule has 2 aliphatic heterocycles. The van der Waals surface area contributed by atoms with Crippen molar-refractivity contribution in [2.75, 3.05) is 45.3 Å². The summed E-state index contributed by atoms with van der Waals surface area (Å²) in [6, 6.07) is 6.84. The summed E-state index contributed by atoms with van der Waals surface area (Å²) in [7, 11) is 3.70. The summed E-state index contributed by atoms with van der Waals surface area (Å²) in [5.74, 6) is 3.33. The van der Waals surface area contributed by atoms with Gasteiger partial charge in [-0.3, -0.25) is 0 Å². The largest absolute Gasteiger partial charge is 0.508 e. The molecule has 0 spiro atoms. The monoisotopic (exact) mass is 666 g/mol. The highest BCUT2D eigenvalue weighted by atomic mass is 19.1. The lowest BCUT2D eigenvalue weighted by Gasteiger charge is -2.34. The number of nitrogens with one attached hydrogen (secondary N) is 1. The summed E-state index contributed by atoms with van der Waals surface area (Å²) in [4.78, 5) is 18.9. The van der Waals surface area contributed by atoms with E-state index in [2.05, 4.69) is 38.1 Å². The Morgan fingerprint density at radius 3 is 2.51 bits per heavy atom. The third-order valence-electron chi connectivity index (χ3n) is 11.8. The van der Waals surface area contributed by atoms with Gasteiger partial charge in [0.15, 0.2) is 5.82 Å². The van der Waals surface area contributed by atoms with Gasteiger partial charge in [0.2, 0.25) is 5.88 Å². The first kappa shape index (κ1) is 30.8. The van der Waals surface area contributed by atoms with E-state index in [9.17, 15) is 9.50 Å². The van der Waals surface area contributed by atoms with Gasteiger partial charge in [-0.25, -0.2) is 13.8 Å². The first-order chi connectivity index (χ1) is 23.7. The maximum Gasteiger partial charge on any atom is 0.319 e. The summed E-state index contributed by atoms with van der Waals surface area (Å²) in [6.07, 6.45) is 14.0. The number of piperazine rings is 1. The number of methoxy groups -OCH3 is 1. The standard InChI is InChI=1S/C38H40F2N6O3/c1-4-27-29(39)8-5-20-14-26(47)15-28(30(20)27)33-32(40)34-31(36(42-33)48-3)35(46-16-23-6-7-24(17-46)41-23)44-37(43-34)49-19-38(9-10-38)18-45(2)25-12-21-11-22(21)13-25/h1,5,8,14-15,21-25,41,47H,6-7,9-13,16-19H2,2-3H3. The lowest BCUT2D eigenvalue weighted by atomic mass is 9.95. The molecule has 9 rings (SSSR count). The number of halogens is 2. The molecule has 5 fully saturated rings. The number of ether oxygens (including phenoxy) is 2. The molecular weight excluding hydrogens is 626 g/mol. The fraction of sp³-hybridized carbons (Fsp3) is 0.500. The van der Waals surface area contributed by atoms with Crippen LogP contribution in [0.25, 0.3) is 32.9 Å². The average molecular weight is 667 g/mol. The van der Waals surface area contributed by atoms with Crippen LogP contribution in [0.3, 0.4) is 0 Å². The lowest BCUT2D eigenvalue weighted by molar-refractivity contribution is 0.139. The number of pyridine rings is 1. The summed E-state index contributed by atoms with van der Waals surface area (Å²) < 4.78 is 44.3. The van der Waals surface area contributed by atoms with E-state index < -0.39 is 11.6 Å². The molecule has 0 radical (unpaired) electrons. The lowest BCUT2D eigenvalue weighted by Crippen LogP contribution is -2.51. The van der Waals surface area contributed by atoms with E-state index in [-0.39, 0.29) is 50.8 Å². The molecule has 4 aromatic rings. The minimum Gasteiger partial charge on any atom is -0.508 e. The first-order valence-corrected chi connectivity index (χ1v) is 17.4. The fourth-order valence-corrected chi connectivity index (χ4v) is 8.89. The Morgan fingerprint density at radius 2 is 1.82 bits per heavy atom. The van der Waals surface area contributed by atoms with Crippen molar-refractivity contribution in [1.82, 2.24) is 25.2 Å². The highest BCUT2D eigenvalue weighted by Gasteiger charge is 2.50. The van der Waals surface area contributed by atoms with Crippen LogP contribution >= 0.6 is 0 Å². The topological polar surface area (TPSA) is 95.9 Å². The average Bonchev–Trinajstić information content (AvgIpc) is 3.97. The normalized spacial score (nSPS) is 26.3. The van der Waals surface area contributed by atoms with E-state index in [1.54, 1.807) is 0 Å². The van der Waals surface area contributed by atoms with Crippen LogP contribution in [0.2, 0.25) is 0 Å². The Bertz CT molecular complexity index is 2020. The number of hydrogen-bond donors (Lipinski definition) is 2. The van der Waals surface area contributed by atoms with Crippen LogP contribution in [-0.4, -0.2) is 83.5 Å². The van der Waals surface area contributed by atoms with Crippen LogP contribution in [0.1, 0.15) is 50.5 Å². The molecular formula is C38H40F2N6O3. The second-order valence-electron chi connectivity index (χ2n) is 15.1. The van der Waals surface area contributed by atoms with Gasteiger partial charge in [-0.1, -0.05) is 12.0 Å². The van der Waals surface area contributed by atoms with Crippen molar-refractivity contribution < 1.29 is 23.4 Å². The number of phenolic OH excluding ortho intramolecular Hbond substituents is 1. The number of rotatable bonds is 9. The predicted octanol–water partition coefficient (Wildman–Crippen LogP) is 5.65. The van der Waals surface area contributed by atoms with Crippen molar-refractivity contribution >= 4 is 27.5 Å². The van der Waals surface area contributed by atoms with Gasteiger partial charge in [-0.05, 0) is 87.4 Å². The molecule has 2 aromatic heterocycles. The molecule has 3 aliphatic carbocycles. The molecule has 2 N–H and O–H groups in total. The van der Waals surface area contributed by atoms with E-state index in [1.165, 1.54) is 50.6 Å². The SMILES string of the molecule is C#Cc1c(F)ccc2cc(O)cc(-c3nc(OC)c4c(N5CC6CCC(C5)N6)nc(OCC5(CN(C)C6CC7CC7C6)CC5)nc4c3F)c12. The Balaban J connectivity index is 1.14. The third kappa shape index (κ3) is 5.31. The van der Waals surface area contributed by atoms with E-state index in [4.69, 9.17) is 20.9 Å². The van der Waals surface area contributed by atoms with Gasteiger partial charge in [0, 0.05) is 54.1 Å². The van der Waals surface area contributed by atoms with Crippen LogP contribution in [0.5, 0.6) is 17.6 Å². The van der Waals surface area contributed by atoms with E-state index in [0.717, 1.165) is 44.1 Å². The number of aromatic nitrogens is 3. The second kappa shape index (κ2) is 11.4. The second-order valence-corrected chi connectivity index (χ2v) is 15.1. The number of anilines is 1. The van der Waals surface area contributed by atoms with Crippen molar-refractivity contribution in [2.24, 2.45) is 17.3 Å².